The van der Waals surface area contributed by atoms with Crippen molar-refractivity contribution in [2.75, 3.05) is 7.11 Å². The monoisotopic (exact) mass is 233 g/mol. The molecule has 0 aromatic heterocycles. The molecule has 0 bridgehead atoms. The van der Waals surface area contributed by atoms with Crippen LogP contribution in [-0.4, -0.2) is 7.11 Å². The Morgan fingerprint density at radius 3 is 2.61 bits per heavy atom. The van der Waals surface area contributed by atoms with Crippen molar-refractivity contribution in [3.05, 3.63) is 66.7 Å². The van der Waals surface area contributed by atoms with Crippen LogP contribution in [0.5, 0.6) is 5.75 Å². The van der Waals surface area contributed by atoms with Crippen molar-refractivity contribution in [1.29, 1.82) is 0 Å². The number of benzene rings is 3. The lowest BCUT2D eigenvalue weighted by Crippen LogP contribution is -1.88. The first-order valence-electron chi connectivity index (χ1n) is 5.93. The van der Waals surface area contributed by atoms with Gasteiger partial charge in [-0.2, -0.15) is 0 Å². The maximum Gasteiger partial charge on any atom is 0.127 e. The number of rotatable bonds is 2. The van der Waals surface area contributed by atoms with E-state index in [2.05, 4.69) is 48.5 Å². The molecule has 0 amide bonds. The quantitative estimate of drug-likeness (QED) is 0.640. The maximum atomic E-state index is 5.42. The first-order chi connectivity index (χ1) is 8.90. The second kappa shape index (κ2) is 4.53. The van der Waals surface area contributed by atoms with Crippen molar-refractivity contribution in [3.8, 4) is 16.9 Å². The van der Waals surface area contributed by atoms with Crippen molar-refractivity contribution in [2.45, 2.75) is 0 Å². The predicted molar refractivity (Wildman–Crippen MR) is 74.8 cm³/mol. The Hall–Kier alpha value is -2.28. The Labute approximate surface area is 107 Å². The Morgan fingerprint density at radius 2 is 1.72 bits per heavy atom. The predicted octanol–water partition coefficient (Wildman–Crippen LogP) is 4.32. The lowest BCUT2D eigenvalue weighted by molar-refractivity contribution is 0.416. The van der Waals surface area contributed by atoms with Crippen LogP contribution in [0.3, 0.4) is 0 Å². The highest BCUT2D eigenvalue weighted by molar-refractivity contribution is 5.97. The summed E-state index contributed by atoms with van der Waals surface area (Å²) in [6.45, 7) is 0. The fourth-order valence-corrected chi connectivity index (χ4v) is 2.25. The SMILES string of the molecule is COc1ccc[c]c1-c1cccc2ccccc12. The molecule has 3 rings (SSSR count). The molecule has 0 heterocycles. The third-order valence-electron chi connectivity index (χ3n) is 3.10. The second-order valence-electron chi connectivity index (χ2n) is 4.14. The minimum atomic E-state index is 0.855. The fraction of sp³-hybridized carbons (Fsp3) is 0.0588. The lowest BCUT2D eigenvalue weighted by Gasteiger charge is -2.10. The van der Waals surface area contributed by atoms with E-state index in [1.807, 2.05) is 18.2 Å². The van der Waals surface area contributed by atoms with Gasteiger partial charge in [-0.15, -0.1) is 0 Å². The van der Waals surface area contributed by atoms with Crippen molar-refractivity contribution in [1.82, 2.24) is 0 Å². The molecule has 0 spiro atoms. The van der Waals surface area contributed by atoms with Crippen LogP contribution in [0.25, 0.3) is 21.9 Å². The van der Waals surface area contributed by atoms with E-state index in [1.165, 1.54) is 10.8 Å². The highest BCUT2D eigenvalue weighted by Gasteiger charge is 2.08. The third-order valence-corrected chi connectivity index (χ3v) is 3.10. The zero-order valence-electron chi connectivity index (χ0n) is 10.2. The first kappa shape index (κ1) is 10.8. The van der Waals surface area contributed by atoms with E-state index in [1.54, 1.807) is 7.11 Å². The molecule has 3 aromatic rings. The highest BCUT2D eigenvalue weighted by atomic mass is 16.5. The highest BCUT2D eigenvalue weighted by Crippen LogP contribution is 2.34. The molecule has 0 fully saturated rings. The lowest BCUT2D eigenvalue weighted by atomic mass is 9.98. The van der Waals surface area contributed by atoms with Crippen molar-refractivity contribution in [3.63, 3.8) is 0 Å². The van der Waals surface area contributed by atoms with Crippen LogP contribution in [0.2, 0.25) is 0 Å². The minimum absolute atomic E-state index is 0.855. The van der Waals surface area contributed by atoms with E-state index < -0.39 is 0 Å². The Kier molecular flexibility index (Phi) is 2.73. The minimum Gasteiger partial charge on any atom is -0.496 e. The van der Waals surface area contributed by atoms with Crippen molar-refractivity contribution in [2.24, 2.45) is 0 Å². The van der Waals surface area contributed by atoms with Crippen molar-refractivity contribution >= 4 is 10.8 Å². The third kappa shape index (κ3) is 1.74. The van der Waals surface area contributed by atoms with Crippen LogP contribution >= 0.6 is 0 Å². The molecule has 87 valence electrons. The van der Waals surface area contributed by atoms with Gasteiger partial charge in [0, 0.05) is 5.56 Å². The van der Waals surface area contributed by atoms with Crippen LogP contribution in [-0.2, 0) is 0 Å². The fourth-order valence-electron chi connectivity index (χ4n) is 2.25. The molecule has 0 aliphatic carbocycles. The average molecular weight is 233 g/mol. The van der Waals surface area contributed by atoms with Gasteiger partial charge in [-0.25, -0.2) is 0 Å². The van der Waals surface area contributed by atoms with Gasteiger partial charge >= 0.3 is 0 Å². The summed E-state index contributed by atoms with van der Waals surface area (Å²) >= 11 is 0. The maximum absolute atomic E-state index is 5.42. The number of methoxy groups -OCH3 is 1. The first-order valence-corrected chi connectivity index (χ1v) is 5.93. The molecular formula is C17H13O. The standard InChI is InChI=1S/C17H13O/c1-18-17-12-5-4-10-16(17)15-11-6-8-13-7-2-3-9-14(13)15/h2-9,11-12H,1H3. The summed E-state index contributed by atoms with van der Waals surface area (Å²) in [5.74, 6) is 0.855. The number of hydrogen-bond acceptors (Lipinski definition) is 1. The summed E-state index contributed by atoms with van der Waals surface area (Å²) in [5, 5.41) is 2.45. The summed E-state index contributed by atoms with van der Waals surface area (Å²) in [5.41, 5.74) is 2.17. The smallest absolute Gasteiger partial charge is 0.127 e. The summed E-state index contributed by atoms with van der Waals surface area (Å²) in [6.07, 6.45) is 0. The molecule has 1 nitrogen and oxygen atoms in total. The van der Waals surface area contributed by atoms with E-state index in [-0.39, 0.29) is 0 Å². The largest absolute Gasteiger partial charge is 0.496 e. The van der Waals surface area contributed by atoms with Gasteiger partial charge in [-0.3, -0.25) is 0 Å². The average Bonchev–Trinajstić information content (AvgIpc) is 2.46. The number of fused-ring (bicyclic) bond motifs is 1. The summed E-state index contributed by atoms with van der Waals surface area (Å²) < 4.78 is 5.42. The van der Waals surface area contributed by atoms with Gasteiger partial charge in [0.25, 0.3) is 0 Å². The molecule has 0 atom stereocenters. The van der Waals surface area contributed by atoms with Gasteiger partial charge in [0.1, 0.15) is 5.75 Å². The molecule has 0 aliphatic rings. The normalized spacial score (nSPS) is 10.5. The van der Waals surface area contributed by atoms with E-state index in [4.69, 9.17) is 4.74 Å². The molecule has 3 aromatic carbocycles. The Morgan fingerprint density at radius 1 is 0.889 bits per heavy atom. The van der Waals surface area contributed by atoms with Crippen LogP contribution in [0.4, 0.5) is 0 Å². The van der Waals surface area contributed by atoms with Crippen molar-refractivity contribution < 1.29 is 4.74 Å². The van der Waals surface area contributed by atoms with Crippen LogP contribution in [0.1, 0.15) is 0 Å². The van der Waals surface area contributed by atoms with Gasteiger partial charge in [-0.05, 0) is 28.5 Å². The van der Waals surface area contributed by atoms with Crippen LogP contribution in [0.15, 0.2) is 60.7 Å². The second-order valence-corrected chi connectivity index (χ2v) is 4.14. The molecule has 1 heteroatoms. The van der Waals surface area contributed by atoms with Crippen LogP contribution < -0.4 is 4.74 Å². The summed E-state index contributed by atoms with van der Waals surface area (Å²) in [4.78, 5) is 0. The molecule has 0 unspecified atom stereocenters. The number of ether oxygens (including phenoxy) is 1. The molecule has 1 radical (unpaired) electrons. The summed E-state index contributed by atoms with van der Waals surface area (Å²) in [6, 6.07) is 23.7. The van der Waals surface area contributed by atoms with E-state index in [0.29, 0.717) is 0 Å². The van der Waals surface area contributed by atoms with E-state index in [0.717, 1.165) is 16.9 Å². The van der Waals surface area contributed by atoms with E-state index in [9.17, 15) is 0 Å². The number of hydrogen-bond donors (Lipinski definition) is 0. The Bertz CT molecular complexity index is 681. The topological polar surface area (TPSA) is 9.23 Å². The van der Waals surface area contributed by atoms with Gasteiger partial charge in [0.15, 0.2) is 0 Å². The zero-order chi connectivity index (χ0) is 12.4. The molecule has 0 saturated carbocycles. The van der Waals surface area contributed by atoms with Gasteiger partial charge in [0.05, 0.1) is 7.11 Å². The van der Waals surface area contributed by atoms with Crippen LogP contribution in [0, 0.1) is 6.07 Å². The van der Waals surface area contributed by atoms with Gasteiger partial charge < -0.3 is 4.74 Å². The molecule has 0 aliphatic heterocycles. The molecule has 18 heavy (non-hydrogen) atoms. The summed E-state index contributed by atoms with van der Waals surface area (Å²) in [7, 11) is 1.69. The molecule has 0 saturated heterocycles. The van der Waals surface area contributed by atoms with Gasteiger partial charge in [0.2, 0.25) is 0 Å². The molecular weight excluding hydrogens is 220 g/mol. The van der Waals surface area contributed by atoms with Gasteiger partial charge in [-0.1, -0.05) is 54.6 Å². The molecule has 0 N–H and O–H groups in total. The zero-order valence-corrected chi connectivity index (χ0v) is 10.2. The van der Waals surface area contributed by atoms with E-state index >= 15 is 0 Å². The Balaban J connectivity index is 2.32.